The summed E-state index contributed by atoms with van der Waals surface area (Å²) in [4.78, 5) is 11.7. The van der Waals surface area contributed by atoms with Gasteiger partial charge in [-0.1, -0.05) is 25.1 Å². The Bertz CT molecular complexity index is 484. The van der Waals surface area contributed by atoms with Crippen LogP contribution in [0.15, 0.2) is 30.3 Å². The van der Waals surface area contributed by atoms with Crippen LogP contribution in [0.3, 0.4) is 0 Å². The highest BCUT2D eigenvalue weighted by atomic mass is 19.4. The molecule has 0 aliphatic heterocycles. The van der Waals surface area contributed by atoms with Gasteiger partial charge in [-0.25, -0.2) is 4.79 Å². The number of halogens is 3. The fraction of sp³-hybridized carbons (Fsp3) is 0.357. The van der Waals surface area contributed by atoms with Crippen LogP contribution in [0.25, 0.3) is 6.08 Å². The summed E-state index contributed by atoms with van der Waals surface area (Å²) in [6.45, 7) is 0.981. The van der Waals surface area contributed by atoms with E-state index in [0.717, 1.165) is 6.08 Å². The number of para-hydroxylation sites is 1. The quantitative estimate of drug-likeness (QED) is 0.813. The molecule has 0 saturated carbocycles. The largest absolute Gasteiger partial charge is 0.478 e. The van der Waals surface area contributed by atoms with E-state index in [4.69, 9.17) is 5.11 Å². The van der Waals surface area contributed by atoms with E-state index in [1.54, 1.807) is 31.2 Å². The van der Waals surface area contributed by atoms with Crippen molar-refractivity contribution in [2.75, 3.05) is 18.0 Å². The maximum absolute atomic E-state index is 12.6. The first-order chi connectivity index (χ1) is 9.33. The fourth-order valence-corrected chi connectivity index (χ4v) is 1.85. The zero-order valence-electron chi connectivity index (χ0n) is 11.0. The third-order valence-corrected chi connectivity index (χ3v) is 2.55. The van der Waals surface area contributed by atoms with E-state index in [-0.39, 0.29) is 6.54 Å². The van der Waals surface area contributed by atoms with Crippen molar-refractivity contribution < 1.29 is 23.1 Å². The van der Waals surface area contributed by atoms with Crippen molar-refractivity contribution in [1.29, 1.82) is 0 Å². The zero-order valence-corrected chi connectivity index (χ0v) is 11.0. The van der Waals surface area contributed by atoms with E-state index in [2.05, 4.69) is 0 Å². The molecule has 0 fully saturated rings. The lowest BCUT2D eigenvalue weighted by Crippen LogP contribution is -2.35. The predicted octanol–water partition coefficient (Wildman–Crippen LogP) is 3.56. The van der Waals surface area contributed by atoms with Crippen LogP contribution < -0.4 is 4.90 Å². The molecule has 6 heteroatoms. The average Bonchev–Trinajstić information content (AvgIpc) is 2.34. The van der Waals surface area contributed by atoms with Crippen LogP contribution in [0, 0.1) is 0 Å². The van der Waals surface area contributed by atoms with E-state index in [1.807, 2.05) is 0 Å². The number of aliphatic carboxylic acids is 1. The molecule has 3 nitrogen and oxygen atoms in total. The van der Waals surface area contributed by atoms with Crippen molar-refractivity contribution in [2.45, 2.75) is 19.5 Å². The number of carboxylic acids is 1. The van der Waals surface area contributed by atoms with Gasteiger partial charge < -0.3 is 10.0 Å². The van der Waals surface area contributed by atoms with E-state index in [0.29, 0.717) is 17.7 Å². The van der Waals surface area contributed by atoms with Crippen molar-refractivity contribution >= 4 is 17.7 Å². The first-order valence-corrected chi connectivity index (χ1v) is 6.15. The fourth-order valence-electron chi connectivity index (χ4n) is 1.85. The van der Waals surface area contributed by atoms with Crippen LogP contribution in [-0.4, -0.2) is 30.3 Å². The predicted molar refractivity (Wildman–Crippen MR) is 71.7 cm³/mol. The summed E-state index contributed by atoms with van der Waals surface area (Å²) in [5, 5.41) is 8.61. The second-order valence-corrected chi connectivity index (χ2v) is 4.27. The lowest BCUT2D eigenvalue weighted by atomic mass is 10.1. The van der Waals surface area contributed by atoms with Crippen LogP contribution in [0.5, 0.6) is 0 Å². The normalized spacial score (nSPS) is 11.8. The second kappa shape index (κ2) is 6.98. The summed E-state index contributed by atoms with van der Waals surface area (Å²) in [5.74, 6) is -1.14. The first-order valence-electron chi connectivity index (χ1n) is 6.15. The molecule has 0 aromatic heterocycles. The van der Waals surface area contributed by atoms with Gasteiger partial charge in [0, 0.05) is 18.3 Å². The van der Waals surface area contributed by atoms with Crippen LogP contribution >= 0.6 is 0 Å². The van der Waals surface area contributed by atoms with Gasteiger partial charge in [-0.3, -0.25) is 0 Å². The van der Waals surface area contributed by atoms with E-state index >= 15 is 0 Å². The van der Waals surface area contributed by atoms with Gasteiger partial charge in [-0.2, -0.15) is 13.2 Å². The Hall–Kier alpha value is -1.98. The molecule has 0 heterocycles. The van der Waals surface area contributed by atoms with Gasteiger partial charge in [0.1, 0.15) is 6.54 Å². The second-order valence-electron chi connectivity index (χ2n) is 4.27. The van der Waals surface area contributed by atoms with E-state index < -0.39 is 18.7 Å². The van der Waals surface area contributed by atoms with Gasteiger partial charge in [-0.15, -0.1) is 0 Å². The number of alkyl halides is 3. The van der Waals surface area contributed by atoms with Gasteiger partial charge in [0.25, 0.3) is 0 Å². The number of benzene rings is 1. The Kier molecular flexibility index (Phi) is 5.61. The minimum absolute atomic E-state index is 0.247. The number of rotatable bonds is 6. The van der Waals surface area contributed by atoms with Crippen molar-refractivity contribution in [3.05, 3.63) is 35.9 Å². The number of hydrogen-bond acceptors (Lipinski definition) is 2. The number of carbonyl (C=O) groups is 1. The molecule has 0 bridgehead atoms. The maximum atomic E-state index is 12.6. The standard InChI is InChI=1S/C14H16F3NO2/c1-2-9-18(10-14(15,16)17)12-6-4-3-5-11(12)7-8-13(19)20/h3-8H,2,9-10H2,1H3,(H,19,20). The molecule has 0 amide bonds. The van der Waals surface area contributed by atoms with Crippen LogP contribution in [0.1, 0.15) is 18.9 Å². The number of hydrogen-bond donors (Lipinski definition) is 1. The Balaban J connectivity index is 3.09. The molecule has 0 spiro atoms. The summed E-state index contributed by atoms with van der Waals surface area (Å²) >= 11 is 0. The van der Waals surface area contributed by atoms with Crippen molar-refractivity contribution in [1.82, 2.24) is 0 Å². The monoisotopic (exact) mass is 287 g/mol. The molecule has 0 radical (unpaired) electrons. The molecule has 0 saturated heterocycles. The first kappa shape index (κ1) is 16.1. The minimum atomic E-state index is -4.31. The third kappa shape index (κ3) is 5.34. The molecule has 1 aromatic rings. The highest BCUT2D eigenvalue weighted by Gasteiger charge is 2.31. The highest BCUT2D eigenvalue weighted by molar-refractivity contribution is 5.87. The molecule has 20 heavy (non-hydrogen) atoms. The Morgan fingerprint density at radius 3 is 2.55 bits per heavy atom. The Morgan fingerprint density at radius 1 is 1.35 bits per heavy atom. The highest BCUT2D eigenvalue weighted by Crippen LogP contribution is 2.26. The van der Waals surface area contributed by atoms with Crippen molar-refractivity contribution in [3.8, 4) is 0 Å². The molecule has 0 aliphatic carbocycles. The molecule has 1 rings (SSSR count). The lowest BCUT2D eigenvalue weighted by Gasteiger charge is -2.27. The third-order valence-electron chi connectivity index (χ3n) is 2.55. The van der Waals surface area contributed by atoms with E-state index in [1.165, 1.54) is 11.0 Å². The number of carboxylic acid groups (broad SMARTS) is 1. The van der Waals surface area contributed by atoms with Gasteiger partial charge in [0.15, 0.2) is 0 Å². The summed E-state index contributed by atoms with van der Waals surface area (Å²) in [6, 6.07) is 6.44. The van der Waals surface area contributed by atoms with Crippen molar-refractivity contribution in [3.63, 3.8) is 0 Å². The zero-order chi connectivity index (χ0) is 15.2. The van der Waals surface area contributed by atoms with Crippen LogP contribution in [-0.2, 0) is 4.79 Å². The van der Waals surface area contributed by atoms with Gasteiger partial charge in [0.05, 0.1) is 0 Å². The Labute approximate surface area is 115 Å². The van der Waals surface area contributed by atoms with Crippen molar-refractivity contribution in [2.24, 2.45) is 0 Å². The van der Waals surface area contributed by atoms with E-state index in [9.17, 15) is 18.0 Å². The summed E-state index contributed by atoms with van der Waals surface area (Å²) in [7, 11) is 0. The van der Waals surface area contributed by atoms with Gasteiger partial charge >= 0.3 is 12.1 Å². The molecule has 0 aliphatic rings. The molecule has 0 unspecified atom stereocenters. The lowest BCUT2D eigenvalue weighted by molar-refractivity contribution is -0.131. The summed E-state index contributed by atoms with van der Waals surface area (Å²) in [6.07, 6.45) is -1.53. The van der Waals surface area contributed by atoms with Crippen LogP contribution in [0.4, 0.5) is 18.9 Å². The van der Waals surface area contributed by atoms with Gasteiger partial charge in [0.2, 0.25) is 0 Å². The van der Waals surface area contributed by atoms with Crippen LogP contribution in [0.2, 0.25) is 0 Å². The molecule has 1 aromatic carbocycles. The molecule has 110 valence electrons. The smallest absolute Gasteiger partial charge is 0.405 e. The molecule has 1 N–H and O–H groups in total. The topological polar surface area (TPSA) is 40.5 Å². The number of anilines is 1. The molecular weight excluding hydrogens is 271 g/mol. The molecule has 0 atom stereocenters. The average molecular weight is 287 g/mol. The summed E-state index contributed by atoms with van der Waals surface area (Å²) < 4.78 is 37.8. The van der Waals surface area contributed by atoms with Gasteiger partial charge in [-0.05, 0) is 24.1 Å². The summed E-state index contributed by atoms with van der Waals surface area (Å²) in [5.41, 5.74) is 0.830. The minimum Gasteiger partial charge on any atom is -0.478 e. The Morgan fingerprint density at radius 2 is 2.00 bits per heavy atom. The number of nitrogens with zero attached hydrogens (tertiary/aromatic N) is 1. The maximum Gasteiger partial charge on any atom is 0.405 e. The SMILES string of the molecule is CCCN(CC(F)(F)F)c1ccccc1C=CC(=O)O. The molecular formula is C14H16F3NO2.